The Morgan fingerprint density at radius 2 is 2.25 bits per heavy atom. The molecule has 16 heavy (non-hydrogen) atoms. The van der Waals surface area contributed by atoms with Crippen molar-refractivity contribution in [1.29, 1.82) is 5.26 Å². The lowest BCUT2D eigenvalue weighted by Crippen LogP contribution is -1.95. The molecule has 5 heteroatoms. The average Bonchev–Trinajstić information content (AvgIpc) is 2.29. The fourth-order valence-corrected chi connectivity index (χ4v) is 1.15. The van der Waals surface area contributed by atoms with Crippen LogP contribution < -0.4 is 0 Å². The Balaban J connectivity index is 3.07. The van der Waals surface area contributed by atoms with Crippen molar-refractivity contribution < 1.29 is 10.0 Å². The van der Waals surface area contributed by atoms with Crippen molar-refractivity contribution in [3.05, 3.63) is 39.4 Å². The molecule has 0 saturated carbocycles. The van der Waals surface area contributed by atoms with Gasteiger partial charge in [0.05, 0.1) is 29.6 Å². The molecule has 0 aromatic heterocycles. The van der Waals surface area contributed by atoms with Gasteiger partial charge in [-0.05, 0) is 12.1 Å². The number of nitro benzene ring substituents is 1. The number of benzene rings is 1. The molecule has 0 bridgehead atoms. The van der Waals surface area contributed by atoms with E-state index in [9.17, 15) is 10.1 Å². The van der Waals surface area contributed by atoms with Crippen molar-refractivity contribution in [3.8, 4) is 17.9 Å². The predicted octanol–water partition coefficient (Wildman–Crippen LogP) is 1.35. The summed E-state index contributed by atoms with van der Waals surface area (Å²) in [6, 6.07) is 6.09. The van der Waals surface area contributed by atoms with E-state index in [1.165, 1.54) is 18.2 Å². The SMILES string of the molecule is N#CCC#Cc1ccc([N+](=O)[O-])c(CO)c1. The van der Waals surface area contributed by atoms with Crippen LogP contribution in [0.4, 0.5) is 5.69 Å². The third kappa shape index (κ3) is 2.81. The second-order valence-corrected chi connectivity index (χ2v) is 2.90. The summed E-state index contributed by atoms with van der Waals surface area (Å²) < 4.78 is 0. The van der Waals surface area contributed by atoms with Crippen molar-refractivity contribution in [2.75, 3.05) is 0 Å². The largest absolute Gasteiger partial charge is 0.391 e. The van der Waals surface area contributed by atoms with Crippen LogP contribution in [0.5, 0.6) is 0 Å². The normalized spacial score (nSPS) is 8.75. The van der Waals surface area contributed by atoms with E-state index >= 15 is 0 Å². The Bertz CT molecular complexity index is 506. The zero-order valence-electron chi connectivity index (χ0n) is 8.30. The van der Waals surface area contributed by atoms with Gasteiger partial charge >= 0.3 is 0 Å². The fourth-order valence-electron chi connectivity index (χ4n) is 1.15. The lowest BCUT2D eigenvalue weighted by molar-refractivity contribution is -0.385. The van der Waals surface area contributed by atoms with Crippen LogP contribution >= 0.6 is 0 Å². The van der Waals surface area contributed by atoms with E-state index in [4.69, 9.17) is 10.4 Å². The van der Waals surface area contributed by atoms with Gasteiger partial charge in [0.1, 0.15) is 0 Å². The molecule has 0 aliphatic heterocycles. The minimum absolute atomic E-state index is 0.103. The molecular formula is C11H8N2O3. The molecule has 0 heterocycles. The molecule has 0 unspecified atom stereocenters. The quantitative estimate of drug-likeness (QED) is 0.459. The summed E-state index contributed by atoms with van der Waals surface area (Å²) in [7, 11) is 0. The first-order valence-corrected chi connectivity index (χ1v) is 4.43. The standard InChI is InChI=1S/C11H8N2O3/c12-6-2-1-3-9-4-5-11(13(15)16)10(7-9)8-14/h4-5,7,14H,2,8H2. The average molecular weight is 216 g/mol. The van der Waals surface area contributed by atoms with Gasteiger partial charge in [0.25, 0.3) is 5.69 Å². The molecule has 0 saturated heterocycles. The highest BCUT2D eigenvalue weighted by atomic mass is 16.6. The Morgan fingerprint density at radius 1 is 1.50 bits per heavy atom. The first-order chi connectivity index (χ1) is 7.69. The number of aliphatic hydroxyl groups is 1. The number of rotatable bonds is 2. The maximum Gasteiger partial charge on any atom is 0.274 e. The molecule has 0 fully saturated rings. The predicted molar refractivity (Wildman–Crippen MR) is 56.1 cm³/mol. The van der Waals surface area contributed by atoms with Crippen LogP contribution in [-0.4, -0.2) is 10.0 Å². The molecular weight excluding hydrogens is 208 g/mol. The van der Waals surface area contributed by atoms with Crippen LogP contribution in [0, 0.1) is 33.3 Å². The van der Waals surface area contributed by atoms with Crippen LogP contribution in [0.3, 0.4) is 0 Å². The van der Waals surface area contributed by atoms with E-state index < -0.39 is 11.5 Å². The molecule has 1 aromatic carbocycles. The molecule has 1 N–H and O–H groups in total. The number of nitro groups is 1. The second kappa shape index (κ2) is 5.50. The number of hydrogen-bond donors (Lipinski definition) is 1. The van der Waals surface area contributed by atoms with Crippen molar-refractivity contribution in [2.45, 2.75) is 13.0 Å². The Morgan fingerprint density at radius 3 is 2.81 bits per heavy atom. The molecule has 0 radical (unpaired) electrons. The van der Waals surface area contributed by atoms with E-state index in [2.05, 4.69) is 11.8 Å². The lowest BCUT2D eigenvalue weighted by Gasteiger charge is -1.99. The molecule has 0 aliphatic carbocycles. The summed E-state index contributed by atoms with van der Waals surface area (Å²) in [5, 5.41) is 27.8. The summed E-state index contributed by atoms with van der Waals surface area (Å²) in [6.07, 6.45) is 0.103. The van der Waals surface area contributed by atoms with Gasteiger partial charge in [-0.15, -0.1) is 0 Å². The molecule has 1 rings (SSSR count). The van der Waals surface area contributed by atoms with Gasteiger partial charge in [-0.1, -0.05) is 11.8 Å². The maximum absolute atomic E-state index is 10.6. The number of aliphatic hydroxyl groups excluding tert-OH is 1. The third-order valence-corrected chi connectivity index (χ3v) is 1.85. The second-order valence-electron chi connectivity index (χ2n) is 2.90. The first kappa shape index (κ1) is 11.7. The van der Waals surface area contributed by atoms with E-state index in [1.807, 2.05) is 6.07 Å². The highest BCUT2D eigenvalue weighted by Crippen LogP contribution is 2.19. The molecule has 80 valence electrons. The van der Waals surface area contributed by atoms with E-state index in [-0.39, 0.29) is 17.7 Å². The van der Waals surface area contributed by atoms with Crippen LogP contribution in [-0.2, 0) is 6.61 Å². The monoisotopic (exact) mass is 216 g/mol. The molecule has 0 amide bonds. The Kier molecular flexibility index (Phi) is 4.02. The van der Waals surface area contributed by atoms with Gasteiger partial charge < -0.3 is 5.11 Å². The summed E-state index contributed by atoms with van der Waals surface area (Å²) in [6.45, 7) is -0.413. The summed E-state index contributed by atoms with van der Waals surface area (Å²) in [5.74, 6) is 5.27. The topological polar surface area (TPSA) is 87.2 Å². The lowest BCUT2D eigenvalue weighted by atomic mass is 10.1. The van der Waals surface area contributed by atoms with Crippen molar-refractivity contribution in [2.24, 2.45) is 0 Å². The minimum Gasteiger partial charge on any atom is -0.391 e. The van der Waals surface area contributed by atoms with Gasteiger partial charge in [-0.3, -0.25) is 10.1 Å². The molecule has 5 nitrogen and oxygen atoms in total. The first-order valence-electron chi connectivity index (χ1n) is 4.43. The highest BCUT2D eigenvalue weighted by Gasteiger charge is 2.12. The number of hydrogen-bond acceptors (Lipinski definition) is 4. The molecule has 0 aliphatic rings. The van der Waals surface area contributed by atoms with Crippen LogP contribution in [0.1, 0.15) is 17.5 Å². The van der Waals surface area contributed by atoms with Gasteiger partial charge in [-0.25, -0.2) is 0 Å². The Hall–Kier alpha value is -2.37. The minimum atomic E-state index is -0.557. The van der Waals surface area contributed by atoms with Gasteiger partial charge in [0, 0.05) is 11.6 Å². The number of nitriles is 1. The summed E-state index contributed by atoms with van der Waals surface area (Å²) in [4.78, 5) is 10.0. The molecule has 0 atom stereocenters. The zero-order valence-corrected chi connectivity index (χ0v) is 8.30. The van der Waals surface area contributed by atoms with E-state index in [0.29, 0.717) is 5.56 Å². The van der Waals surface area contributed by atoms with Crippen molar-refractivity contribution >= 4 is 5.69 Å². The molecule has 1 aromatic rings. The van der Waals surface area contributed by atoms with Gasteiger partial charge in [0.15, 0.2) is 0 Å². The highest BCUT2D eigenvalue weighted by molar-refractivity contribution is 5.47. The number of nitrogens with zero attached hydrogens (tertiary/aromatic N) is 2. The van der Waals surface area contributed by atoms with Crippen molar-refractivity contribution in [3.63, 3.8) is 0 Å². The third-order valence-electron chi connectivity index (χ3n) is 1.85. The van der Waals surface area contributed by atoms with E-state index in [1.54, 1.807) is 0 Å². The van der Waals surface area contributed by atoms with Gasteiger partial charge in [0.2, 0.25) is 0 Å². The summed E-state index contributed by atoms with van der Waals surface area (Å²) in [5.41, 5.74) is 0.631. The Labute approximate surface area is 92.1 Å². The zero-order chi connectivity index (χ0) is 12.0. The van der Waals surface area contributed by atoms with E-state index in [0.717, 1.165) is 0 Å². The van der Waals surface area contributed by atoms with Gasteiger partial charge in [-0.2, -0.15) is 5.26 Å². The summed E-state index contributed by atoms with van der Waals surface area (Å²) >= 11 is 0. The smallest absolute Gasteiger partial charge is 0.274 e. The fraction of sp³-hybridized carbons (Fsp3) is 0.182. The maximum atomic E-state index is 10.6. The van der Waals surface area contributed by atoms with Crippen LogP contribution in [0.25, 0.3) is 0 Å². The molecule has 0 spiro atoms. The van der Waals surface area contributed by atoms with Crippen molar-refractivity contribution in [1.82, 2.24) is 0 Å². The van der Waals surface area contributed by atoms with Crippen LogP contribution in [0.15, 0.2) is 18.2 Å². The van der Waals surface area contributed by atoms with Crippen LogP contribution in [0.2, 0.25) is 0 Å².